The molecule has 0 bridgehead atoms. The molecule has 1 saturated carbocycles. The molecule has 1 aliphatic rings. The van der Waals surface area contributed by atoms with Crippen molar-refractivity contribution in [3.63, 3.8) is 0 Å². The van der Waals surface area contributed by atoms with Crippen LogP contribution in [0.5, 0.6) is 5.75 Å². The van der Waals surface area contributed by atoms with Gasteiger partial charge in [0, 0.05) is 11.5 Å². The van der Waals surface area contributed by atoms with Gasteiger partial charge in [-0.25, -0.2) is 9.66 Å². The summed E-state index contributed by atoms with van der Waals surface area (Å²) in [6.07, 6.45) is 4.78. The highest BCUT2D eigenvalue weighted by atomic mass is 16.5. The van der Waals surface area contributed by atoms with Gasteiger partial charge in [0.2, 0.25) is 0 Å². The number of aromatic nitrogens is 2. The van der Waals surface area contributed by atoms with Gasteiger partial charge in [-0.15, -0.1) is 0 Å². The summed E-state index contributed by atoms with van der Waals surface area (Å²) in [4.78, 5) is 4.73. The van der Waals surface area contributed by atoms with Crippen molar-refractivity contribution in [1.29, 1.82) is 0 Å². The Balaban J connectivity index is 2.02. The number of hydrogen-bond acceptors (Lipinski definition) is 4. The molecule has 1 aliphatic carbocycles. The van der Waals surface area contributed by atoms with Gasteiger partial charge < -0.3 is 16.3 Å². The predicted octanol–water partition coefficient (Wildman–Crippen LogP) is 2.82. The van der Waals surface area contributed by atoms with Gasteiger partial charge in [0.05, 0.1) is 7.11 Å². The second-order valence-electron chi connectivity index (χ2n) is 5.74. The number of nitrogens with two attached hydrogens (primary N) is 2. The first-order valence-corrected chi connectivity index (χ1v) is 7.40. The normalized spacial score (nSPS) is 15.5. The number of rotatable bonds is 3. The van der Waals surface area contributed by atoms with Crippen molar-refractivity contribution < 1.29 is 4.74 Å². The molecule has 1 aromatic heterocycles. The second kappa shape index (κ2) is 5.31. The third kappa shape index (κ3) is 2.33. The third-order valence-electron chi connectivity index (χ3n) is 4.36. The fourth-order valence-electron chi connectivity index (χ4n) is 3.17. The average Bonchev–Trinajstić information content (AvgIpc) is 3.09. The number of imidazole rings is 1. The molecule has 112 valence electrons. The van der Waals surface area contributed by atoms with Crippen molar-refractivity contribution in [2.24, 2.45) is 0 Å². The SMILES string of the molecule is COc1ccc(-c2nc(C3CCCC3)n(N)c2N)cc1C. The van der Waals surface area contributed by atoms with Crippen molar-refractivity contribution in [1.82, 2.24) is 9.66 Å². The standard InChI is InChI=1S/C16H22N4O/c1-10-9-12(7-8-13(10)21-2)14-15(17)20(18)16(19-14)11-5-3-4-6-11/h7-9,11H,3-6,17-18H2,1-2H3. The quantitative estimate of drug-likeness (QED) is 0.850. The molecule has 4 N–H and O–H groups in total. The fraction of sp³-hybridized carbons (Fsp3) is 0.438. The van der Waals surface area contributed by atoms with Crippen LogP contribution in [0.2, 0.25) is 0 Å². The predicted molar refractivity (Wildman–Crippen MR) is 84.7 cm³/mol. The van der Waals surface area contributed by atoms with Crippen LogP contribution < -0.4 is 16.3 Å². The zero-order valence-corrected chi connectivity index (χ0v) is 12.6. The van der Waals surface area contributed by atoms with Gasteiger partial charge in [0.25, 0.3) is 0 Å². The van der Waals surface area contributed by atoms with E-state index in [1.54, 1.807) is 11.8 Å². The summed E-state index contributed by atoms with van der Waals surface area (Å²) in [6, 6.07) is 5.95. The Kier molecular flexibility index (Phi) is 3.49. The number of nitrogens with zero attached hydrogens (tertiary/aromatic N) is 2. The van der Waals surface area contributed by atoms with Crippen LogP contribution in [0, 0.1) is 6.92 Å². The lowest BCUT2D eigenvalue weighted by Gasteiger charge is -2.08. The molecule has 0 saturated heterocycles. The Bertz CT molecular complexity index is 657. The Morgan fingerprint density at radius 1 is 1.29 bits per heavy atom. The van der Waals surface area contributed by atoms with Crippen LogP contribution in [0.25, 0.3) is 11.3 Å². The molecule has 5 heteroatoms. The first-order valence-electron chi connectivity index (χ1n) is 7.40. The number of methoxy groups -OCH3 is 1. The molecule has 5 nitrogen and oxygen atoms in total. The molecule has 1 aromatic carbocycles. The number of aryl methyl sites for hydroxylation is 1. The number of anilines is 1. The molecular formula is C16H22N4O. The Labute approximate surface area is 124 Å². The fourth-order valence-corrected chi connectivity index (χ4v) is 3.17. The molecule has 0 atom stereocenters. The van der Waals surface area contributed by atoms with E-state index in [0.717, 1.165) is 41.2 Å². The van der Waals surface area contributed by atoms with E-state index in [2.05, 4.69) is 0 Å². The molecule has 0 amide bonds. The highest BCUT2D eigenvalue weighted by molar-refractivity contribution is 5.72. The van der Waals surface area contributed by atoms with Gasteiger partial charge in [0.1, 0.15) is 17.3 Å². The highest BCUT2D eigenvalue weighted by Crippen LogP contribution is 2.37. The molecule has 3 rings (SSSR count). The average molecular weight is 286 g/mol. The van der Waals surface area contributed by atoms with Crippen LogP contribution >= 0.6 is 0 Å². The lowest BCUT2D eigenvalue weighted by molar-refractivity contribution is 0.412. The summed E-state index contributed by atoms with van der Waals surface area (Å²) in [6.45, 7) is 2.01. The monoisotopic (exact) mass is 286 g/mol. The molecular weight excluding hydrogens is 264 g/mol. The van der Waals surface area contributed by atoms with Crippen LogP contribution in [0.4, 0.5) is 5.82 Å². The molecule has 2 aromatic rings. The first-order chi connectivity index (χ1) is 10.1. The van der Waals surface area contributed by atoms with E-state index in [9.17, 15) is 0 Å². The van der Waals surface area contributed by atoms with Gasteiger partial charge >= 0.3 is 0 Å². The largest absolute Gasteiger partial charge is 0.496 e. The summed E-state index contributed by atoms with van der Waals surface area (Å²) in [5.74, 6) is 8.86. The minimum absolute atomic E-state index is 0.436. The maximum absolute atomic E-state index is 6.17. The van der Waals surface area contributed by atoms with Gasteiger partial charge in [-0.05, 0) is 43.5 Å². The highest BCUT2D eigenvalue weighted by Gasteiger charge is 2.25. The molecule has 1 heterocycles. The third-order valence-corrected chi connectivity index (χ3v) is 4.36. The number of ether oxygens (including phenoxy) is 1. The number of benzene rings is 1. The van der Waals surface area contributed by atoms with E-state index >= 15 is 0 Å². The zero-order chi connectivity index (χ0) is 15.0. The molecule has 0 aliphatic heterocycles. The van der Waals surface area contributed by atoms with Crippen molar-refractivity contribution >= 4 is 5.82 Å². The summed E-state index contributed by atoms with van der Waals surface area (Å²) >= 11 is 0. The van der Waals surface area contributed by atoms with Gasteiger partial charge in [0.15, 0.2) is 5.82 Å². The van der Waals surface area contributed by atoms with Gasteiger partial charge in [-0.3, -0.25) is 0 Å². The summed E-state index contributed by atoms with van der Waals surface area (Å²) in [5, 5.41) is 0. The smallest absolute Gasteiger partial charge is 0.150 e. The second-order valence-corrected chi connectivity index (χ2v) is 5.74. The molecule has 1 fully saturated rings. The number of hydrogen-bond donors (Lipinski definition) is 2. The minimum Gasteiger partial charge on any atom is -0.496 e. The van der Waals surface area contributed by atoms with Gasteiger partial charge in [-0.2, -0.15) is 0 Å². The summed E-state index contributed by atoms with van der Waals surface area (Å²) < 4.78 is 6.86. The van der Waals surface area contributed by atoms with Crippen molar-refractivity contribution in [3.05, 3.63) is 29.6 Å². The summed E-state index contributed by atoms with van der Waals surface area (Å²) in [7, 11) is 1.67. The lowest BCUT2D eigenvalue weighted by Crippen LogP contribution is -2.17. The van der Waals surface area contributed by atoms with E-state index < -0.39 is 0 Å². The molecule has 0 unspecified atom stereocenters. The summed E-state index contributed by atoms with van der Waals surface area (Å²) in [5.41, 5.74) is 8.98. The van der Waals surface area contributed by atoms with Crippen LogP contribution in [0.15, 0.2) is 18.2 Å². The maximum atomic E-state index is 6.17. The van der Waals surface area contributed by atoms with E-state index in [1.165, 1.54) is 12.8 Å². The Hall–Kier alpha value is -2.17. The topological polar surface area (TPSA) is 79.1 Å². The first kappa shape index (κ1) is 13.8. The van der Waals surface area contributed by atoms with Crippen molar-refractivity contribution in [3.8, 4) is 17.0 Å². The lowest BCUT2D eigenvalue weighted by atomic mass is 10.1. The molecule has 21 heavy (non-hydrogen) atoms. The van der Waals surface area contributed by atoms with E-state index in [1.807, 2.05) is 25.1 Å². The van der Waals surface area contributed by atoms with Crippen molar-refractivity contribution in [2.45, 2.75) is 38.5 Å². The van der Waals surface area contributed by atoms with E-state index in [4.69, 9.17) is 21.3 Å². The van der Waals surface area contributed by atoms with Crippen LogP contribution in [-0.4, -0.2) is 16.8 Å². The van der Waals surface area contributed by atoms with E-state index in [0.29, 0.717) is 11.7 Å². The minimum atomic E-state index is 0.436. The Morgan fingerprint density at radius 2 is 2.00 bits per heavy atom. The Morgan fingerprint density at radius 3 is 2.62 bits per heavy atom. The van der Waals surface area contributed by atoms with Crippen LogP contribution in [0.3, 0.4) is 0 Å². The van der Waals surface area contributed by atoms with E-state index in [-0.39, 0.29) is 0 Å². The zero-order valence-electron chi connectivity index (χ0n) is 12.6. The van der Waals surface area contributed by atoms with Gasteiger partial charge in [-0.1, -0.05) is 12.8 Å². The molecule has 0 radical (unpaired) electrons. The van der Waals surface area contributed by atoms with Crippen molar-refractivity contribution in [2.75, 3.05) is 18.7 Å². The number of nitrogen functional groups attached to an aromatic ring is 2. The van der Waals surface area contributed by atoms with Crippen LogP contribution in [0.1, 0.15) is 43.0 Å². The molecule has 0 spiro atoms. The van der Waals surface area contributed by atoms with Crippen LogP contribution in [-0.2, 0) is 0 Å². The maximum Gasteiger partial charge on any atom is 0.150 e.